The smallest absolute Gasteiger partial charge is 0.410 e. The third kappa shape index (κ3) is 3.84. The van der Waals surface area contributed by atoms with Crippen LogP contribution < -0.4 is 0 Å². The Kier molecular flexibility index (Phi) is 4.82. The van der Waals surface area contributed by atoms with E-state index < -0.39 is 5.60 Å². The Morgan fingerprint density at radius 2 is 1.92 bits per heavy atom. The minimum Gasteiger partial charge on any atom is -0.444 e. The molecule has 2 amide bonds. The van der Waals surface area contributed by atoms with Gasteiger partial charge >= 0.3 is 6.09 Å². The molecule has 2 unspecified atom stereocenters. The van der Waals surface area contributed by atoms with E-state index in [4.69, 9.17) is 10.3 Å². The standard InChI is InChI=1S/C17H27N5O3/c1-17(2,3)25-16(24)22-12-4-5-13(22)8-14(7-12)21-10-11(6-15(21)23)9-19-20-18/h11-14H,4-10H2,1-3H3/t11?,12-,13+,14?. The Labute approximate surface area is 148 Å². The molecule has 2 bridgehead atoms. The number of rotatable bonds is 3. The molecule has 3 aliphatic rings. The number of carbonyl (C=O) groups excluding carboxylic acids is 2. The molecule has 0 aliphatic carbocycles. The summed E-state index contributed by atoms with van der Waals surface area (Å²) >= 11 is 0. The molecule has 8 heteroatoms. The highest BCUT2D eigenvalue weighted by atomic mass is 16.6. The Balaban J connectivity index is 1.63. The number of azide groups is 1. The van der Waals surface area contributed by atoms with E-state index in [1.807, 2.05) is 30.6 Å². The lowest BCUT2D eigenvalue weighted by Crippen LogP contribution is -2.53. The van der Waals surface area contributed by atoms with E-state index in [2.05, 4.69) is 10.0 Å². The molecular formula is C17H27N5O3. The molecule has 8 nitrogen and oxygen atoms in total. The summed E-state index contributed by atoms with van der Waals surface area (Å²) in [5.74, 6) is 0.262. The lowest BCUT2D eigenvalue weighted by atomic mass is 9.96. The van der Waals surface area contributed by atoms with Gasteiger partial charge in [-0.3, -0.25) is 4.79 Å². The second-order valence-corrected chi connectivity index (χ2v) is 8.43. The van der Waals surface area contributed by atoms with E-state index >= 15 is 0 Å². The molecule has 138 valence electrons. The van der Waals surface area contributed by atoms with Crippen molar-refractivity contribution in [1.29, 1.82) is 0 Å². The van der Waals surface area contributed by atoms with E-state index in [0.717, 1.165) is 25.7 Å². The Bertz CT molecular complexity index is 582. The Morgan fingerprint density at radius 1 is 1.28 bits per heavy atom. The Hall–Kier alpha value is -1.95. The molecular weight excluding hydrogens is 322 g/mol. The summed E-state index contributed by atoms with van der Waals surface area (Å²) in [6.07, 6.45) is 3.81. The minimum atomic E-state index is -0.493. The summed E-state index contributed by atoms with van der Waals surface area (Å²) in [7, 11) is 0. The van der Waals surface area contributed by atoms with Crippen molar-refractivity contribution in [3.8, 4) is 0 Å². The third-order valence-electron chi connectivity index (χ3n) is 5.39. The quantitative estimate of drug-likeness (QED) is 0.445. The zero-order valence-electron chi connectivity index (χ0n) is 15.2. The van der Waals surface area contributed by atoms with E-state index in [1.54, 1.807) is 0 Å². The fourth-order valence-electron chi connectivity index (χ4n) is 4.45. The average molecular weight is 349 g/mol. The van der Waals surface area contributed by atoms with Gasteiger partial charge < -0.3 is 14.5 Å². The molecule has 25 heavy (non-hydrogen) atoms. The van der Waals surface area contributed by atoms with Crippen LogP contribution in [0, 0.1) is 5.92 Å². The van der Waals surface area contributed by atoms with Crippen LogP contribution in [-0.2, 0) is 9.53 Å². The number of hydrogen-bond acceptors (Lipinski definition) is 4. The molecule has 4 atom stereocenters. The normalized spacial score (nSPS) is 31.9. The van der Waals surface area contributed by atoms with E-state index in [-0.39, 0.29) is 36.0 Å². The first-order valence-corrected chi connectivity index (χ1v) is 9.10. The maximum Gasteiger partial charge on any atom is 0.410 e. The van der Waals surface area contributed by atoms with Gasteiger partial charge in [0.05, 0.1) is 0 Å². The van der Waals surface area contributed by atoms with Crippen LogP contribution >= 0.6 is 0 Å². The van der Waals surface area contributed by atoms with E-state index in [1.165, 1.54) is 0 Å². The van der Waals surface area contributed by atoms with Gasteiger partial charge in [-0.25, -0.2) is 4.79 Å². The van der Waals surface area contributed by atoms with Gasteiger partial charge in [0, 0.05) is 42.5 Å². The highest BCUT2D eigenvalue weighted by Gasteiger charge is 2.48. The van der Waals surface area contributed by atoms with Gasteiger partial charge in [0.15, 0.2) is 0 Å². The summed E-state index contributed by atoms with van der Waals surface area (Å²) in [5, 5.41) is 3.61. The highest BCUT2D eigenvalue weighted by Crippen LogP contribution is 2.40. The number of carbonyl (C=O) groups is 2. The Morgan fingerprint density at radius 3 is 2.48 bits per heavy atom. The number of ether oxygens (including phenoxy) is 1. The van der Waals surface area contributed by atoms with Gasteiger partial charge in [-0.1, -0.05) is 5.11 Å². The van der Waals surface area contributed by atoms with Crippen LogP contribution in [0.4, 0.5) is 4.79 Å². The molecule has 0 radical (unpaired) electrons. The molecule has 3 saturated heterocycles. The number of amides is 2. The monoisotopic (exact) mass is 349 g/mol. The first-order chi connectivity index (χ1) is 11.8. The predicted octanol–water partition coefficient (Wildman–Crippen LogP) is 3.08. The van der Waals surface area contributed by atoms with Crippen LogP contribution in [0.2, 0.25) is 0 Å². The molecule has 0 aromatic carbocycles. The number of piperidine rings is 1. The van der Waals surface area contributed by atoms with Crippen LogP contribution in [-0.4, -0.2) is 58.6 Å². The molecule has 0 N–H and O–H groups in total. The second kappa shape index (κ2) is 6.75. The van der Waals surface area contributed by atoms with Crippen LogP contribution in [0.3, 0.4) is 0 Å². The molecule has 0 saturated carbocycles. The summed E-state index contributed by atoms with van der Waals surface area (Å²) in [5.41, 5.74) is 7.96. The molecule has 0 aromatic rings. The molecule has 3 aliphatic heterocycles. The summed E-state index contributed by atoms with van der Waals surface area (Å²) in [6.45, 7) is 6.68. The van der Waals surface area contributed by atoms with Crippen molar-refractivity contribution in [2.24, 2.45) is 11.0 Å². The van der Waals surface area contributed by atoms with Gasteiger partial charge in [0.25, 0.3) is 0 Å². The van der Waals surface area contributed by atoms with Gasteiger partial charge in [0.1, 0.15) is 5.60 Å². The largest absolute Gasteiger partial charge is 0.444 e. The summed E-state index contributed by atoms with van der Waals surface area (Å²) in [6, 6.07) is 0.491. The van der Waals surface area contributed by atoms with Crippen molar-refractivity contribution in [3.63, 3.8) is 0 Å². The summed E-state index contributed by atoms with van der Waals surface area (Å²) < 4.78 is 5.56. The predicted molar refractivity (Wildman–Crippen MR) is 91.7 cm³/mol. The van der Waals surface area contributed by atoms with Crippen molar-refractivity contribution in [1.82, 2.24) is 9.80 Å². The maximum absolute atomic E-state index is 12.5. The van der Waals surface area contributed by atoms with Gasteiger partial charge in [-0.05, 0) is 57.9 Å². The van der Waals surface area contributed by atoms with Crippen LogP contribution in [0.15, 0.2) is 5.11 Å². The van der Waals surface area contributed by atoms with Crippen molar-refractivity contribution in [3.05, 3.63) is 10.4 Å². The number of likely N-dealkylation sites (tertiary alicyclic amines) is 1. The average Bonchev–Trinajstić information content (AvgIpc) is 3.01. The fraction of sp³-hybridized carbons (Fsp3) is 0.882. The van der Waals surface area contributed by atoms with Crippen molar-refractivity contribution >= 4 is 12.0 Å². The molecule has 0 spiro atoms. The molecule has 3 rings (SSSR count). The lowest BCUT2D eigenvalue weighted by Gasteiger charge is -2.42. The van der Waals surface area contributed by atoms with Crippen LogP contribution in [0.5, 0.6) is 0 Å². The molecule has 0 aromatic heterocycles. The zero-order chi connectivity index (χ0) is 18.2. The minimum absolute atomic E-state index is 0.116. The van der Waals surface area contributed by atoms with Crippen LogP contribution in [0.25, 0.3) is 10.4 Å². The zero-order valence-corrected chi connectivity index (χ0v) is 15.2. The molecule has 3 fully saturated rings. The van der Waals surface area contributed by atoms with Crippen molar-refractivity contribution in [2.45, 2.75) is 76.6 Å². The number of fused-ring (bicyclic) bond motifs is 2. The SMILES string of the molecule is CC(C)(C)OC(=O)N1[C@@H]2CC[C@H]1CC(N1CC(CN=[N+]=[N-])CC1=O)C2. The van der Waals surface area contributed by atoms with E-state index in [0.29, 0.717) is 19.5 Å². The summed E-state index contributed by atoms with van der Waals surface area (Å²) in [4.78, 5) is 31.5. The lowest BCUT2D eigenvalue weighted by molar-refractivity contribution is -0.130. The van der Waals surface area contributed by atoms with Crippen molar-refractivity contribution < 1.29 is 14.3 Å². The molecule has 3 heterocycles. The van der Waals surface area contributed by atoms with Gasteiger partial charge in [-0.15, -0.1) is 0 Å². The van der Waals surface area contributed by atoms with E-state index in [9.17, 15) is 9.59 Å². The number of nitrogens with zero attached hydrogens (tertiary/aromatic N) is 5. The first-order valence-electron chi connectivity index (χ1n) is 9.10. The second-order valence-electron chi connectivity index (χ2n) is 8.43. The number of hydrogen-bond donors (Lipinski definition) is 0. The highest BCUT2D eigenvalue weighted by molar-refractivity contribution is 5.79. The van der Waals surface area contributed by atoms with Gasteiger partial charge in [0.2, 0.25) is 5.91 Å². The fourth-order valence-corrected chi connectivity index (χ4v) is 4.45. The first kappa shape index (κ1) is 17.9. The van der Waals surface area contributed by atoms with Gasteiger partial charge in [-0.2, -0.15) is 0 Å². The third-order valence-corrected chi connectivity index (χ3v) is 5.39. The maximum atomic E-state index is 12.5. The van der Waals surface area contributed by atoms with Crippen molar-refractivity contribution in [2.75, 3.05) is 13.1 Å². The van der Waals surface area contributed by atoms with Crippen LogP contribution in [0.1, 0.15) is 52.9 Å². The topological polar surface area (TPSA) is 98.6 Å².